The molecule has 0 fully saturated rings. The van der Waals surface area contributed by atoms with E-state index in [2.05, 4.69) is 6.92 Å². The van der Waals surface area contributed by atoms with Crippen LogP contribution in [-0.4, -0.2) is 21.1 Å². The Kier molecular flexibility index (Phi) is 5.25. The fraction of sp³-hybridized carbons (Fsp3) is 0.368. The number of hydrogen-bond donors (Lipinski definition) is 0. The van der Waals surface area contributed by atoms with Crippen LogP contribution in [0.15, 0.2) is 47.4 Å². The predicted octanol–water partition coefficient (Wildman–Crippen LogP) is 4.66. The van der Waals surface area contributed by atoms with Gasteiger partial charge in [-0.15, -0.1) is 0 Å². The second kappa shape index (κ2) is 7.26. The quantitative estimate of drug-likeness (QED) is 0.686. The molecule has 0 saturated heterocycles. The van der Waals surface area contributed by atoms with Gasteiger partial charge < -0.3 is 4.74 Å². The van der Waals surface area contributed by atoms with Crippen molar-refractivity contribution in [3.63, 3.8) is 0 Å². The summed E-state index contributed by atoms with van der Waals surface area (Å²) in [4.78, 5) is 0.201. The van der Waals surface area contributed by atoms with Crippen LogP contribution < -0.4 is 9.04 Å². The molecule has 6 heteroatoms. The lowest BCUT2D eigenvalue weighted by molar-refractivity contribution is 0.309. The number of rotatable bonds is 6. The maximum atomic E-state index is 13.2. The molecule has 0 aromatic heterocycles. The van der Waals surface area contributed by atoms with Crippen molar-refractivity contribution in [1.82, 2.24) is 0 Å². The van der Waals surface area contributed by atoms with E-state index in [-0.39, 0.29) is 10.9 Å². The Labute approximate surface area is 154 Å². The first-order valence-corrected chi connectivity index (χ1v) is 10.3. The van der Waals surface area contributed by atoms with Gasteiger partial charge in [-0.2, -0.15) is 0 Å². The zero-order valence-corrected chi connectivity index (χ0v) is 16.0. The summed E-state index contributed by atoms with van der Waals surface area (Å²) in [6, 6.07) is 12.2. The van der Waals surface area contributed by atoms with E-state index in [0.29, 0.717) is 23.8 Å². The Balaban J connectivity index is 1.97. The molecule has 0 aliphatic carbocycles. The molecule has 0 spiro atoms. The number of anilines is 1. The predicted molar refractivity (Wildman–Crippen MR) is 101 cm³/mol. The summed E-state index contributed by atoms with van der Waals surface area (Å²) in [5, 5.41) is 0.421. The minimum atomic E-state index is -3.68. The highest BCUT2D eigenvalue weighted by Gasteiger charge is 2.36. The third kappa shape index (κ3) is 3.48. The third-order valence-corrected chi connectivity index (χ3v) is 6.60. The molecule has 2 aromatic rings. The van der Waals surface area contributed by atoms with Crippen molar-refractivity contribution >= 4 is 27.3 Å². The molecule has 0 unspecified atom stereocenters. The molecule has 134 valence electrons. The van der Waals surface area contributed by atoms with E-state index in [1.54, 1.807) is 6.07 Å². The van der Waals surface area contributed by atoms with Crippen LogP contribution in [0.4, 0.5) is 5.69 Å². The first-order chi connectivity index (χ1) is 11.9. The number of nitrogens with zero attached hydrogens (tertiary/aromatic N) is 1. The summed E-state index contributed by atoms with van der Waals surface area (Å²) in [5.74, 6) is 0.413. The molecule has 1 aliphatic rings. The monoisotopic (exact) mass is 379 g/mol. The zero-order valence-electron chi connectivity index (χ0n) is 14.4. The van der Waals surface area contributed by atoms with Crippen LogP contribution in [0.25, 0.3) is 0 Å². The standard InChI is InChI=1S/C19H22ClNO3S/c1-3-4-11-24-19-13-16(9-10-17(19)20)25(22,23)21-14(2)12-15-7-5-6-8-18(15)21/h5-10,13-14H,3-4,11-12H2,1-2H3/t14-/m1/s1. The van der Waals surface area contributed by atoms with Gasteiger partial charge in [0, 0.05) is 12.1 Å². The highest BCUT2D eigenvalue weighted by molar-refractivity contribution is 7.92. The van der Waals surface area contributed by atoms with Gasteiger partial charge in [-0.3, -0.25) is 4.31 Å². The topological polar surface area (TPSA) is 46.6 Å². The summed E-state index contributed by atoms with van der Waals surface area (Å²) in [6.45, 7) is 4.51. The van der Waals surface area contributed by atoms with Crippen LogP contribution in [0.2, 0.25) is 5.02 Å². The third-order valence-electron chi connectivity index (χ3n) is 4.36. The average molecular weight is 380 g/mol. The average Bonchev–Trinajstić information content (AvgIpc) is 2.93. The first kappa shape index (κ1) is 18.1. The SMILES string of the molecule is CCCCOc1cc(S(=O)(=O)N2c3ccccc3C[C@H]2C)ccc1Cl. The lowest BCUT2D eigenvalue weighted by Crippen LogP contribution is -2.35. The number of benzene rings is 2. The van der Waals surface area contributed by atoms with Crippen molar-refractivity contribution in [2.24, 2.45) is 0 Å². The Morgan fingerprint density at radius 2 is 2.00 bits per heavy atom. The molecule has 0 radical (unpaired) electrons. The van der Waals surface area contributed by atoms with Crippen molar-refractivity contribution < 1.29 is 13.2 Å². The first-order valence-electron chi connectivity index (χ1n) is 8.50. The van der Waals surface area contributed by atoms with E-state index >= 15 is 0 Å². The van der Waals surface area contributed by atoms with Crippen LogP contribution in [-0.2, 0) is 16.4 Å². The number of unbranched alkanes of at least 4 members (excludes halogenated alkanes) is 1. The van der Waals surface area contributed by atoms with Crippen molar-refractivity contribution in [3.8, 4) is 5.75 Å². The second-order valence-electron chi connectivity index (χ2n) is 6.28. The normalized spacial score (nSPS) is 16.8. The Morgan fingerprint density at radius 1 is 1.24 bits per heavy atom. The van der Waals surface area contributed by atoms with Gasteiger partial charge in [0.1, 0.15) is 5.75 Å². The fourth-order valence-electron chi connectivity index (χ4n) is 3.10. The van der Waals surface area contributed by atoms with Crippen LogP contribution in [0.3, 0.4) is 0 Å². The summed E-state index contributed by atoms with van der Waals surface area (Å²) < 4.78 is 33.6. The molecular weight excluding hydrogens is 358 g/mol. The number of ether oxygens (including phenoxy) is 1. The van der Waals surface area contributed by atoms with Crippen molar-refractivity contribution in [1.29, 1.82) is 0 Å². The summed E-state index contributed by atoms with van der Waals surface area (Å²) >= 11 is 6.16. The summed E-state index contributed by atoms with van der Waals surface area (Å²) in [7, 11) is -3.68. The molecule has 1 atom stereocenters. The number of halogens is 1. The summed E-state index contributed by atoms with van der Waals surface area (Å²) in [6.07, 6.45) is 2.60. The molecule has 2 aromatic carbocycles. The van der Waals surface area contributed by atoms with E-state index in [1.165, 1.54) is 16.4 Å². The van der Waals surface area contributed by atoms with Crippen LogP contribution >= 0.6 is 11.6 Å². The van der Waals surface area contributed by atoms with Crippen LogP contribution in [0.5, 0.6) is 5.75 Å². The zero-order chi connectivity index (χ0) is 18.0. The second-order valence-corrected chi connectivity index (χ2v) is 8.50. The Morgan fingerprint density at radius 3 is 2.76 bits per heavy atom. The molecule has 4 nitrogen and oxygen atoms in total. The number of fused-ring (bicyclic) bond motifs is 1. The number of hydrogen-bond acceptors (Lipinski definition) is 3. The minimum absolute atomic E-state index is 0.123. The number of sulfonamides is 1. The smallest absolute Gasteiger partial charge is 0.264 e. The molecule has 1 heterocycles. The van der Waals surface area contributed by atoms with Crippen molar-refractivity contribution in [3.05, 3.63) is 53.1 Å². The van der Waals surface area contributed by atoms with Gasteiger partial charge in [0.25, 0.3) is 10.0 Å². The van der Waals surface area contributed by atoms with Gasteiger partial charge in [-0.05, 0) is 43.5 Å². The highest BCUT2D eigenvalue weighted by Crippen LogP contribution is 2.38. The largest absolute Gasteiger partial charge is 0.492 e. The van der Waals surface area contributed by atoms with Gasteiger partial charge in [-0.25, -0.2) is 8.42 Å². The Bertz CT molecular complexity index is 867. The molecule has 0 bridgehead atoms. The maximum Gasteiger partial charge on any atom is 0.264 e. The van der Waals surface area contributed by atoms with E-state index in [4.69, 9.17) is 16.3 Å². The van der Waals surface area contributed by atoms with Gasteiger partial charge in [-0.1, -0.05) is 43.1 Å². The van der Waals surface area contributed by atoms with Crippen LogP contribution in [0.1, 0.15) is 32.3 Å². The molecular formula is C19H22ClNO3S. The molecule has 25 heavy (non-hydrogen) atoms. The molecule has 3 rings (SSSR count). The van der Waals surface area contributed by atoms with E-state index < -0.39 is 10.0 Å². The van der Waals surface area contributed by atoms with E-state index in [1.807, 2.05) is 31.2 Å². The molecule has 1 aliphatic heterocycles. The molecule has 0 N–H and O–H groups in total. The highest BCUT2D eigenvalue weighted by atomic mass is 35.5. The molecule has 0 saturated carbocycles. The van der Waals surface area contributed by atoms with Gasteiger partial charge in [0.2, 0.25) is 0 Å². The minimum Gasteiger partial charge on any atom is -0.492 e. The lowest BCUT2D eigenvalue weighted by Gasteiger charge is -2.24. The van der Waals surface area contributed by atoms with Crippen molar-refractivity contribution in [2.75, 3.05) is 10.9 Å². The van der Waals surface area contributed by atoms with Crippen molar-refractivity contribution in [2.45, 2.75) is 44.0 Å². The fourth-order valence-corrected chi connectivity index (χ4v) is 4.98. The van der Waals surface area contributed by atoms with Gasteiger partial charge in [0.15, 0.2) is 0 Å². The maximum absolute atomic E-state index is 13.2. The number of para-hydroxylation sites is 1. The summed E-state index contributed by atoms with van der Waals surface area (Å²) in [5.41, 5.74) is 1.80. The molecule has 0 amide bonds. The Hall–Kier alpha value is -1.72. The van der Waals surface area contributed by atoms with Gasteiger partial charge in [0.05, 0.1) is 22.2 Å². The van der Waals surface area contributed by atoms with E-state index in [9.17, 15) is 8.42 Å². The lowest BCUT2D eigenvalue weighted by atomic mass is 10.1. The van der Waals surface area contributed by atoms with E-state index in [0.717, 1.165) is 24.1 Å². The van der Waals surface area contributed by atoms with Gasteiger partial charge >= 0.3 is 0 Å². The van der Waals surface area contributed by atoms with Crippen LogP contribution in [0, 0.1) is 0 Å².